The zero-order valence-electron chi connectivity index (χ0n) is 23.9. The van der Waals surface area contributed by atoms with Gasteiger partial charge in [-0.2, -0.15) is 0 Å². The molecule has 0 saturated carbocycles. The van der Waals surface area contributed by atoms with Crippen molar-refractivity contribution in [2.24, 2.45) is 11.8 Å². The van der Waals surface area contributed by atoms with Crippen molar-refractivity contribution in [2.45, 2.75) is 12.1 Å². The normalized spacial score (nSPS) is 21.4. The number of amides is 2. The molecule has 5 aromatic carbocycles. The predicted octanol–water partition coefficient (Wildman–Crippen LogP) is 6.07. The first-order valence-corrected chi connectivity index (χ1v) is 14.8. The molecule has 45 heavy (non-hydrogen) atoms. The van der Waals surface area contributed by atoms with Crippen molar-refractivity contribution >= 4 is 51.8 Å². The van der Waals surface area contributed by atoms with Crippen LogP contribution in [0.5, 0.6) is 5.75 Å². The molecule has 2 saturated heterocycles. The topological polar surface area (TPSA) is 84.0 Å². The summed E-state index contributed by atoms with van der Waals surface area (Å²) in [6, 6.07) is 34.5. The third-order valence-electron chi connectivity index (χ3n) is 9.03. The number of carbonyl (C=O) groups excluding carboxylic acids is 4. The molecule has 7 heteroatoms. The van der Waals surface area contributed by atoms with E-state index in [1.165, 1.54) is 4.90 Å². The molecule has 2 amide bonds. The molecule has 8 rings (SSSR count). The zero-order valence-corrected chi connectivity index (χ0v) is 23.9. The van der Waals surface area contributed by atoms with E-state index in [4.69, 9.17) is 4.74 Å². The number of esters is 1. The summed E-state index contributed by atoms with van der Waals surface area (Å²) in [5.41, 5.74) is 3.18. The molecule has 0 spiro atoms. The van der Waals surface area contributed by atoms with Crippen molar-refractivity contribution in [2.75, 3.05) is 9.80 Å². The molecule has 0 aromatic heterocycles. The van der Waals surface area contributed by atoms with E-state index in [2.05, 4.69) is 0 Å². The highest BCUT2D eigenvalue weighted by atomic mass is 16.5. The van der Waals surface area contributed by atoms with Gasteiger partial charge in [-0.05, 0) is 47.3 Å². The van der Waals surface area contributed by atoms with Gasteiger partial charge in [-0.3, -0.25) is 14.4 Å². The first-order valence-electron chi connectivity index (χ1n) is 14.8. The molecule has 4 atom stereocenters. The number of hydrogen-bond donors (Lipinski definition) is 0. The molecule has 2 fully saturated rings. The van der Waals surface area contributed by atoms with Crippen LogP contribution in [0, 0.1) is 11.8 Å². The van der Waals surface area contributed by atoms with Gasteiger partial charge in [0.1, 0.15) is 11.8 Å². The summed E-state index contributed by atoms with van der Waals surface area (Å²) in [6.45, 7) is 0. The highest BCUT2D eigenvalue weighted by molar-refractivity contribution is 6.27. The van der Waals surface area contributed by atoms with Gasteiger partial charge in [0.05, 0.1) is 23.6 Å². The Bertz CT molecular complexity index is 2050. The number of imide groups is 1. The third-order valence-corrected chi connectivity index (χ3v) is 9.03. The van der Waals surface area contributed by atoms with Crippen LogP contribution in [0.25, 0.3) is 16.8 Å². The van der Waals surface area contributed by atoms with Gasteiger partial charge in [0.15, 0.2) is 5.78 Å². The Hall–Kier alpha value is -5.82. The molecule has 0 N–H and O–H groups in total. The van der Waals surface area contributed by atoms with Gasteiger partial charge in [-0.1, -0.05) is 97.1 Å². The minimum absolute atomic E-state index is 0.143. The van der Waals surface area contributed by atoms with Gasteiger partial charge >= 0.3 is 5.97 Å². The fourth-order valence-corrected chi connectivity index (χ4v) is 7.03. The summed E-state index contributed by atoms with van der Waals surface area (Å²) in [5, 5.41) is 1.69. The van der Waals surface area contributed by atoms with E-state index >= 15 is 0 Å². The number of nitrogens with zero attached hydrogens (tertiary/aromatic N) is 2. The molecule has 3 aliphatic heterocycles. The Morgan fingerprint density at radius 1 is 0.622 bits per heavy atom. The van der Waals surface area contributed by atoms with E-state index in [-0.39, 0.29) is 17.4 Å². The van der Waals surface area contributed by atoms with Crippen LogP contribution >= 0.6 is 0 Å². The van der Waals surface area contributed by atoms with E-state index in [0.717, 1.165) is 22.0 Å². The van der Waals surface area contributed by atoms with Crippen molar-refractivity contribution in [3.8, 4) is 5.75 Å². The number of rotatable bonds is 5. The Kier molecular flexibility index (Phi) is 6.20. The van der Waals surface area contributed by atoms with Crippen molar-refractivity contribution in [1.29, 1.82) is 0 Å². The summed E-state index contributed by atoms with van der Waals surface area (Å²) in [4.78, 5) is 58.7. The maximum Gasteiger partial charge on any atom is 0.335 e. The van der Waals surface area contributed by atoms with Crippen LogP contribution in [0.3, 0.4) is 0 Å². The predicted molar refractivity (Wildman–Crippen MR) is 171 cm³/mol. The Balaban J connectivity index is 1.15. The lowest BCUT2D eigenvalue weighted by molar-refractivity contribution is -0.139. The Morgan fingerprint density at radius 3 is 2.09 bits per heavy atom. The van der Waals surface area contributed by atoms with E-state index in [1.807, 2.05) is 83.8 Å². The van der Waals surface area contributed by atoms with Gasteiger partial charge in [-0.15, -0.1) is 0 Å². The van der Waals surface area contributed by atoms with E-state index in [1.54, 1.807) is 54.6 Å². The first-order chi connectivity index (χ1) is 22.0. The molecule has 7 nitrogen and oxygen atoms in total. The van der Waals surface area contributed by atoms with Crippen LogP contribution in [0.4, 0.5) is 11.4 Å². The van der Waals surface area contributed by atoms with Crippen LogP contribution in [0.15, 0.2) is 127 Å². The number of hydrogen-bond acceptors (Lipinski definition) is 6. The van der Waals surface area contributed by atoms with Crippen LogP contribution in [0.1, 0.15) is 21.5 Å². The number of para-hydroxylation sites is 1. The van der Waals surface area contributed by atoms with E-state index in [0.29, 0.717) is 16.8 Å². The summed E-state index contributed by atoms with van der Waals surface area (Å²) >= 11 is 0. The van der Waals surface area contributed by atoms with Crippen LogP contribution in [-0.2, 0) is 14.4 Å². The number of ketones is 1. The van der Waals surface area contributed by atoms with Crippen LogP contribution < -0.4 is 14.5 Å². The summed E-state index contributed by atoms with van der Waals surface area (Å²) in [5.74, 6) is -3.02. The summed E-state index contributed by atoms with van der Waals surface area (Å²) < 4.78 is 5.91. The van der Waals surface area contributed by atoms with E-state index in [9.17, 15) is 19.2 Å². The van der Waals surface area contributed by atoms with Gasteiger partial charge in [0.25, 0.3) is 0 Å². The quantitative estimate of drug-likeness (QED) is 0.107. The molecule has 3 aliphatic rings. The number of anilines is 2. The highest BCUT2D eigenvalue weighted by Crippen LogP contribution is 2.50. The molecule has 218 valence electrons. The highest BCUT2D eigenvalue weighted by Gasteiger charge is 2.65. The monoisotopic (exact) mass is 590 g/mol. The molecular formula is C38H26N2O5. The zero-order chi connectivity index (χ0) is 30.7. The SMILES string of the molecule is O=C(c1ccccc1)c1ccc(OC(=O)[C@@H]2[C@@H]3C(=O)N(c4cccc5ccccc45)C(=O)[C@@H]3[C@H]3C=Cc4ccccc4N32)cc1. The Morgan fingerprint density at radius 2 is 1.27 bits per heavy atom. The molecule has 0 unspecified atom stereocenters. The van der Waals surface area contributed by atoms with Crippen molar-refractivity contribution in [1.82, 2.24) is 0 Å². The maximum atomic E-state index is 14.3. The second kappa shape index (κ2) is 10.4. The van der Waals surface area contributed by atoms with Gasteiger partial charge in [0.2, 0.25) is 11.8 Å². The van der Waals surface area contributed by atoms with Gasteiger partial charge in [-0.25, -0.2) is 9.69 Å². The second-order valence-electron chi connectivity index (χ2n) is 11.5. The van der Waals surface area contributed by atoms with Gasteiger partial charge < -0.3 is 9.64 Å². The first kappa shape index (κ1) is 26.8. The Labute approximate surface area is 259 Å². The van der Waals surface area contributed by atoms with Crippen molar-refractivity contribution in [3.63, 3.8) is 0 Å². The fraction of sp³-hybridized carbons (Fsp3) is 0.105. The number of fused-ring (bicyclic) bond motifs is 6. The summed E-state index contributed by atoms with van der Waals surface area (Å²) in [6.07, 6.45) is 3.86. The smallest absolute Gasteiger partial charge is 0.335 e. The van der Waals surface area contributed by atoms with Crippen molar-refractivity contribution < 1.29 is 23.9 Å². The molecule has 3 heterocycles. The van der Waals surface area contributed by atoms with Crippen LogP contribution in [0.2, 0.25) is 0 Å². The average molecular weight is 591 g/mol. The molecular weight excluding hydrogens is 564 g/mol. The van der Waals surface area contributed by atoms with Crippen molar-refractivity contribution in [3.05, 3.63) is 144 Å². The van der Waals surface area contributed by atoms with E-state index < -0.39 is 35.8 Å². The maximum absolute atomic E-state index is 14.3. The number of carbonyl (C=O) groups is 4. The number of ether oxygens (including phenoxy) is 1. The lowest BCUT2D eigenvalue weighted by Gasteiger charge is -2.36. The fourth-order valence-electron chi connectivity index (χ4n) is 7.03. The minimum atomic E-state index is -1.05. The van der Waals surface area contributed by atoms with Gasteiger partial charge in [0, 0.05) is 22.2 Å². The summed E-state index contributed by atoms with van der Waals surface area (Å²) in [7, 11) is 0. The molecule has 0 aliphatic carbocycles. The molecule has 0 radical (unpaired) electrons. The standard InChI is InChI=1S/C38H26N2O5/c41-35(25-11-2-1-3-12-25)26-17-20-27(21-18-26)45-38(44)34-33-32(31-22-19-24-10-5-7-15-29(24)39(31)34)36(42)40(37(33)43)30-16-8-13-23-9-4-6-14-28(23)30/h1-22,31-34H/t31-,32-,33-,34+/m1/s1. The lowest BCUT2D eigenvalue weighted by atomic mass is 9.89. The second-order valence-corrected chi connectivity index (χ2v) is 11.5. The largest absolute Gasteiger partial charge is 0.425 e. The average Bonchev–Trinajstić information content (AvgIpc) is 3.57. The minimum Gasteiger partial charge on any atom is -0.425 e. The number of benzene rings is 5. The molecule has 0 bridgehead atoms. The lowest BCUT2D eigenvalue weighted by Crippen LogP contribution is -2.50. The van der Waals surface area contributed by atoms with Crippen LogP contribution in [-0.4, -0.2) is 35.7 Å². The third kappa shape index (κ3) is 4.19. The molecule has 5 aromatic rings.